The maximum atomic E-state index is 5.38. The molecule has 0 aliphatic carbocycles. The molecule has 0 heterocycles. The monoisotopic (exact) mass is 654 g/mol. The van der Waals surface area contributed by atoms with Crippen LogP contribution in [-0.2, 0) is 22.9 Å². The number of aliphatic imine (C=N–C) groups is 2. The zero-order chi connectivity index (χ0) is 31.3. The van der Waals surface area contributed by atoms with E-state index in [1.165, 1.54) is 113 Å². The Labute approximate surface area is 288 Å². The predicted octanol–water partition coefficient (Wildman–Crippen LogP) is 13.7. The van der Waals surface area contributed by atoms with Gasteiger partial charge in [-0.25, -0.2) is 0 Å². The zero-order valence-electron chi connectivity index (χ0n) is 29.2. The van der Waals surface area contributed by atoms with Crippen LogP contribution in [0.25, 0.3) is 0 Å². The summed E-state index contributed by atoms with van der Waals surface area (Å²) in [7, 11) is 0. The van der Waals surface area contributed by atoms with Crippen LogP contribution in [0.1, 0.15) is 168 Å². The number of rotatable bonds is 25. The van der Waals surface area contributed by atoms with E-state index in [9.17, 15) is 0 Å². The van der Waals surface area contributed by atoms with Gasteiger partial charge in [0.05, 0.1) is 22.8 Å². The fraction of sp³-hybridized carbons (Fsp3) is 0.619. The van der Waals surface area contributed by atoms with Crippen LogP contribution in [0.5, 0.6) is 0 Å². The topological polar surface area (TPSA) is 24.7 Å². The third-order valence-electron chi connectivity index (χ3n) is 8.41. The van der Waals surface area contributed by atoms with Crippen LogP contribution >= 0.6 is 0 Å². The van der Waals surface area contributed by atoms with Crippen molar-refractivity contribution in [3.8, 4) is 11.8 Å². The molecule has 0 aliphatic heterocycles. The molecule has 0 bridgehead atoms. The summed E-state index contributed by atoms with van der Waals surface area (Å²) in [4.78, 5) is 10.5. The van der Waals surface area contributed by atoms with Crippen molar-refractivity contribution in [3.05, 3.63) is 60.2 Å². The van der Waals surface area contributed by atoms with Gasteiger partial charge >= 0.3 is 0 Å². The van der Waals surface area contributed by atoms with Gasteiger partial charge in [-0.05, 0) is 68.7 Å². The summed E-state index contributed by atoms with van der Waals surface area (Å²) in [5.74, 6) is 6.90. The van der Waals surface area contributed by atoms with E-state index in [-0.39, 0.29) is 16.5 Å². The van der Waals surface area contributed by atoms with Gasteiger partial charge in [0.1, 0.15) is 0 Å². The molecule has 2 nitrogen and oxygen atoms in total. The number of aryl methyl sites for hydroxylation is 1. The Morgan fingerprint density at radius 3 is 1.62 bits per heavy atom. The molecule has 3 heteroatoms. The van der Waals surface area contributed by atoms with Gasteiger partial charge in [0.15, 0.2) is 0 Å². The predicted molar refractivity (Wildman–Crippen MR) is 197 cm³/mol. The summed E-state index contributed by atoms with van der Waals surface area (Å²) in [6.45, 7) is 6.84. The molecule has 0 aliphatic rings. The third kappa shape index (κ3) is 20.6. The fourth-order valence-corrected chi connectivity index (χ4v) is 5.65. The number of hydrogen-bond acceptors (Lipinski definition) is 2. The van der Waals surface area contributed by atoms with Crippen molar-refractivity contribution >= 4 is 22.8 Å². The number of para-hydroxylation sites is 2. The Kier molecular flexibility index (Phi) is 26.6. The van der Waals surface area contributed by atoms with Crippen molar-refractivity contribution in [1.29, 1.82) is 0 Å². The first-order valence-electron chi connectivity index (χ1n) is 18.5. The summed E-state index contributed by atoms with van der Waals surface area (Å²) in [6.07, 6.45) is 28.5. The van der Waals surface area contributed by atoms with E-state index in [0.29, 0.717) is 0 Å². The molecule has 0 amide bonds. The van der Waals surface area contributed by atoms with E-state index in [2.05, 4.69) is 87.2 Å². The van der Waals surface area contributed by atoms with Crippen molar-refractivity contribution in [2.75, 3.05) is 0 Å². The Morgan fingerprint density at radius 1 is 0.489 bits per heavy atom. The van der Waals surface area contributed by atoms with E-state index in [1.807, 2.05) is 0 Å². The van der Waals surface area contributed by atoms with Gasteiger partial charge in [0, 0.05) is 29.3 Å². The summed E-state index contributed by atoms with van der Waals surface area (Å²) in [5, 5.41) is 0. The molecular formula is C42H64N2Ni. The molecule has 0 fully saturated rings. The molecule has 0 radical (unpaired) electrons. The van der Waals surface area contributed by atoms with Gasteiger partial charge < -0.3 is 0 Å². The molecule has 2 aromatic rings. The van der Waals surface area contributed by atoms with Crippen LogP contribution in [0.15, 0.2) is 64.6 Å². The molecule has 2 rings (SSSR count). The first kappa shape index (κ1) is 40.9. The van der Waals surface area contributed by atoms with Crippen molar-refractivity contribution < 1.29 is 16.5 Å². The average molecular weight is 656 g/mol. The molecule has 0 saturated heterocycles. The maximum Gasteiger partial charge on any atom is 0.0665 e. The number of nitrogens with zero attached hydrogens (tertiary/aromatic N) is 2. The second kappa shape index (κ2) is 29.2. The quantitative estimate of drug-likeness (QED) is 0.0440. The van der Waals surface area contributed by atoms with E-state index in [1.54, 1.807) is 0 Å². The van der Waals surface area contributed by atoms with Gasteiger partial charge in [-0.3, -0.25) is 9.98 Å². The molecule has 0 spiro atoms. The van der Waals surface area contributed by atoms with Gasteiger partial charge in [-0.2, -0.15) is 0 Å². The summed E-state index contributed by atoms with van der Waals surface area (Å²) >= 11 is 0. The Balaban J connectivity index is 0.0000101. The molecule has 252 valence electrons. The minimum Gasteiger partial charge on any atom is -0.252 e. The van der Waals surface area contributed by atoms with Crippen molar-refractivity contribution in [2.45, 2.75) is 168 Å². The van der Waals surface area contributed by atoms with Crippen LogP contribution in [0.2, 0.25) is 0 Å². The normalized spacial score (nSPS) is 11.6. The second-order valence-corrected chi connectivity index (χ2v) is 12.5. The number of benzene rings is 2. The van der Waals surface area contributed by atoms with Gasteiger partial charge in [0.2, 0.25) is 0 Å². The maximum absolute atomic E-state index is 5.38. The molecule has 0 N–H and O–H groups in total. The second-order valence-electron chi connectivity index (χ2n) is 12.5. The first-order valence-corrected chi connectivity index (χ1v) is 18.5. The van der Waals surface area contributed by atoms with Crippen LogP contribution < -0.4 is 0 Å². The van der Waals surface area contributed by atoms with Crippen LogP contribution in [0.4, 0.5) is 11.4 Å². The Morgan fingerprint density at radius 2 is 0.978 bits per heavy atom. The summed E-state index contributed by atoms with van der Waals surface area (Å²) < 4.78 is 0. The summed E-state index contributed by atoms with van der Waals surface area (Å²) in [5.41, 5.74) is 5.84. The van der Waals surface area contributed by atoms with E-state index < -0.39 is 0 Å². The van der Waals surface area contributed by atoms with E-state index >= 15 is 0 Å². The number of unbranched alkanes of at least 4 members (excludes halogenated alkanes) is 16. The van der Waals surface area contributed by atoms with Crippen molar-refractivity contribution in [2.24, 2.45) is 9.98 Å². The molecule has 0 saturated carbocycles. The van der Waals surface area contributed by atoms with Crippen LogP contribution in [0.3, 0.4) is 0 Å². The van der Waals surface area contributed by atoms with Crippen molar-refractivity contribution in [1.82, 2.24) is 0 Å². The van der Waals surface area contributed by atoms with Crippen molar-refractivity contribution in [3.63, 3.8) is 0 Å². The van der Waals surface area contributed by atoms with Gasteiger partial charge in [0.25, 0.3) is 0 Å². The molecule has 2 aromatic carbocycles. The summed E-state index contributed by atoms with van der Waals surface area (Å²) in [6, 6.07) is 19.2. The minimum atomic E-state index is 0. The largest absolute Gasteiger partial charge is 0.252 e. The van der Waals surface area contributed by atoms with Crippen LogP contribution in [0, 0.1) is 11.8 Å². The van der Waals surface area contributed by atoms with Crippen LogP contribution in [-0.4, -0.2) is 11.4 Å². The molecular weight excluding hydrogens is 591 g/mol. The zero-order valence-corrected chi connectivity index (χ0v) is 30.2. The molecule has 0 aromatic heterocycles. The van der Waals surface area contributed by atoms with Gasteiger partial charge in [-0.15, -0.1) is 11.8 Å². The van der Waals surface area contributed by atoms with E-state index in [0.717, 1.165) is 62.7 Å². The van der Waals surface area contributed by atoms with E-state index in [4.69, 9.17) is 9.98 Å². The number of hydrogen-bond donors (Lipinski definition) is 0. The first-order chi connectivity index (χ1) is 21.8. The van der Waals surface area contributed by atoms with Gasteiger partial charge in [-0.1, -0.05) is 147 Å². The minimum absolute atomic E-state index is 0. The third-order valence-corrected chi connectivity index (χ3v) is 8.41. The smallest absolute Gasteiger partial charge is 0.0665 e. The SMILES string of the molecule is CCCCCCCCCCCC#CCCCc1ccccc1N=C(CCCCCCCC)C(CCCC)=Nc1ccccc1.[Ni]. The standard InChI is InChI=1S/C42H64N2.Ni/c1-4-7-10-12-14-15-16-17-18-19-20-21-22-25-31-38-32-29-30-36-40(38)44-42(37-28-23-13-11-8-5-2)41(35-9-6-3)43-39-33-26-24-27-34-39;/h24,26-27,29-30,32-34,36H,4-19,22-23,25,28,31,35,37H2,1-3H3;. The Bertz CT molecular complexity index is 1090. The molecule has 0 unspecified atom stereocenters. The Hall–Kier alpha value is -2.17. The average Bonchev–Trinajstić information content (AvgIpc) is 3.05. The molecule has 0 atom stereocenters. The fourth-order valence-electron chi connectivity index (χ4n) is 5.65. The molecule has 45 heavy (non-hydrogen) atoms.